The van der Waals surface area contributed by atoms with E-state index in [-0.39, 0.29) is 62.7 Å². The normalized spacial score (nSPS) is 16.9. The smallest absolute Gasteiger partial charge is 0.506 e. The molecule has 227 valence electrons. The van der Waals surface area contributed by atoms with Crippen LogP contribution in [0.25, 0.3) is 20.4 Å². The molecule has 45 heavy (non-hydrogen) atoms. The van der Waals surface area contributed by atoms with E-state index >= 15 is 0 Å². The fraction of sp³-hybridized carbons (Fsp3) is 0. The van der Waals surface area contributed by atoms with Crippen LogP contribution >= 0.6 is 22.7 Å². The fourth-order valence-corrected chi connectivity index (χ4v) is 5.12. The minimum absolute atomic E-state index is 0. The van der Waals surface area contributed by atoms with Crippen LogP contribution in [0.2, 0.25) is 0 Å². The Balaban J connectivity index is 0.000000200. The number of nitrogens with zero attached hydrogens (tertiary/aromatic N) is 8. The predicted octanol–water partition coefficient (Wildman–Crippen LogP) is 3.21. The first-order valence-electron chi connectivity index (χ1n) is 12.0. The zero-order chi connectivity index (χ0) is 31.4. The second-order valence-electron chi connectivity index (χ2n) is 8.51. The number of aromatic nitrogens is 2. The molecule has 6 rings (SSSR count). The van der Waals surface area contributed by atoms with Crippen molar-refractivity contribution < 1.29 is 46.4 Å². The summed E-state index contributed by atoms with van der Waals surface area (Å²) >= 11 is 2.28. The van der Waals surface area contributed by atoms with Gasteiger partial charge in [-0.05, 0) is 35.3 Å². The number of hydrogen-bond donors (Lipinski definition) is 2. The first-order valence-corrected chi connectivity index (χ1v) is 13.6. The molecule has 4 aromatic rings. The number of non-ortho nitro benzene ring substituents is 2. The number of nitro groups is 2. The van der Waals surface area contributed by atoms with E-state index in [1.165, 1.54) is 60.7 Å². The molecular weight excluding hydrogens is 675 g/mol. The van der Waals surface area contributed by atoms with Gasteiger partial charge in [0.2, 0.25) is 0 Å². The molecule has 0 fully saturated rings. The Hall–Kier alpha value is -5.63. The largest absolute Gasteiger partial charge is 2.00 e. The Morgan fingerprint density at radius 1 is 0.644 bits per heavy atom. The number of fused-ring (bicyclic) bond motifs is 2. The molecule has 0 unspecified atom stereocenters. The molecule has 2 aromatic heterocycles. The summed E-state index contributed by atoms with van der Waals surface area (Å²) < 4.78 is 1.23. The quantitative estimate of drug-likeness (QED) is 0.180. The number of aliphatic hydroxyl groups excluding tert-OH is 2. The van der Waals surface area contributed by atoms with Crippen molar-refractivity contribution in [2.75, 3.05) is 0 Å². The average molecular weight is 690 g/mol. The number of carbonyl (C=O) groups excluding carboxylic acids is 2. The molecule has 0 aliphatic heterocycles. The van der Waals surface area contributed by atoms with E-state index in [0.29, 0.717) is 30.0 Å². The van der Waals surface area contributed by atoms with Crippen LogP contribution in [0.15, 0.2) is 105 Å². The summed E-state index contributed by atoms with van der Waals surface area (Å²) in [6.07, 6.45) is 7.29. The van der Waals surface area contributed by atoms with Gasteiger partial charge < -0.3 is 30.4 Å². The van der Waals surface area contributed by atoms with Crippen molar-refractivity contribution in [2.45, 2.75) is 0 Å². The number of carbonyl (C=O) groups is 2. The zero-order valence-electron chi connectivity index (χ0n) is 22.0. The molecule has 19 heteroatoms. The number of nitro benzene ring substituents is 2. The first-order chi connectivity index (χ1) is 21.0. The molecule has 0 atom stereocenters. The SMILES string of the molecule is O=C1C=C/C(=N\N=c2/[n-]c3ccc([N+](=O)[O-])cc3s2)C(O)=C1.O=C1C=C/C(=N\N=c2/[n-]c3ccc([N+](=O)[O-])cc3s2)C(O)=C1.[Co+2]. The first kappa shape index (κ1) is 32.3. The molecule has 0 bridgehead atoms. The van der Waals surface area contributed by atoms with E-state index in [1.807, 2.05) is 0 Å². The van der Waals surface area contributed by atoms with Crippen molar-refractivity contribution in [3.63, 3.8) is 0 Å². The van der Waals surface area contributed by atoms with E-state index in [0.717, 1.165) is 34.8 Å². The predicted molar refractivity (Wildman–Crippen MR) is 159 cm³/mol. The van der Waals surface area contributed by atoms with Crippen LogP contribution in [0.1, 0.15) is 0 Å². The molecule has 2 heterocycles. The van der Waals surface area contributed by atoms with Gasteiger partial charge in [-0.2, -0.15) is 0 Å². The molecule has 16 nitrogen and oxygen atoms in total. The van der Waals surface area contributed by atoms with Gasteiger partial charge in [-0.25, -0.2) is 0 Å². The van der Waals surface area contributed by atoms with Gasteiger partial charge in [0, 0.05) is 55.4 Å². The third kappa shape index (κ3) is 7.86. The zero-order valence-corrected chi connectivity index (χ0v) is 24.7. The maximum absolute atomic E-state index is 11.0. The van der Waals surface area contributed by atoms with Crippen LogP contribution in [0.4, 0.5) is 11.4 Å². The van der Waals surface area contributed by atoms with Crippen LogP contribution < -0.4 is 19.6 Å². The molecule has 2 aliphatic carbocycles. The molecule has 0 saturated heterocycles. The van der Waals surface area contributed by atoms with Crippen molar-refractivity contribution in [2.24, 2.45) is 20.4 Å². The summed E-state index contributed by atoms with van der Waals surface area (Å²) in [5, 5.41) is 56.0. The topological polar surface area (TPSA) is 239 Å². The minimum Gasteiger partial charge on any atom is -0.506 e. The van der Waals surface area contributed by atoms with E-state index in [9.17, 15) is 40.0 Å². The summed E-state index contributed by atoms with van der Waals surface area (Å²) in [4.78, 5) is 51.4. The number of thiazole rings is 2. The van der Waals surface area contributed by atoms with Crippen molar-refractivity contribution >= 4 is 77.5 Å². The monoisotopic (exact) mass is 689 g/mol. The molecule has 2 aromatic carbocycles. The maximum Gasteiger partial charge on any atom is 2.00 e. The van der Waals surface area contributed by atoms with Gasteiger partial charge in [0.1, 0.15) is 22.9 Å². The molecular formula is C26H14CoN8O8S2. The van der Waals surface area contributed by atoms with Crippen LogP contribution in [-0.2, 0) is 26.4 Å². The van der Waals surface area contributed by atoms with E-state index in [1.54, 1.807) is 0 Å². The fourth-order valence-electron chi connectivity index (χ4n) is 3.48. The average Bonchev–Trinajstić information content (AvgIpc) is 3.59. The number of hydrogen-bond acceptors (Lipinski definition) is 14. The van der Waals surface area contributed by atoms with Crippen LogP contribution in [0, 0.1) is 20.2 Å². The third-order valence-corrected chi connectivity index (χ3v) is 7.33. The number of rotatable bonds is 4. The standard InChI is InChI=1S/2C13H8N4O4S.Co/c2*18-8-2-4-9(11(19)6-8)15-16-13-14-10-3-1-7(17(20)21)5-12(10)22-13;/h2*1-6H,(H2,14,16,18,19);/q;;+2/p-2. The second-order valence-corrected chi connectivity index (χ2v) is 10.5. The Morgan fingerprint density at radius 2 is 1.04 bits per heavy atom. The summed E-state index contributed by atoms with van der Waals surface area (Å²) in [5.74, 6) is -1.20. The molecule has 2 aliphatic rings. The third-order valence-electron chi connectivity index (χ3n) is 5.52. The van der Waals surface area contributed by atoms with Crippen molar-refractivity contribution in [3.05, 3.63) is 114 Å². The number of allylic oxidation sites excluding steroid dienone is 6. The second kappa shape index (κ2) is 13.8. The molecule has 2 N–H and O–H groups in total. The minimum atomic E-state index is -0.483. The summed E-state index contributed by atoms with van der Waals surface area (Å²) in [7, 11) is 0. The molecule has 1 radical (unpaired) electrons. The molecule has 0 amide bonds. The maximum atomic E-state index is 11.0. The summed E-state index contributed by atoms with van der Waals surface area (Å²) in [6, 6.07) is 8.62. The Bertz CT molecular complexity index is 2060. The number of ketones is 2. The van der Waals surface area contributed by atoms with Gasteiger partial charge in [0.05, 0.1) is 9.85 Å². The van der Waals surface area contributed by atoms with E-state index < -0.39 is 9.85 Å². The molecule has 0 saturated carbocycles. The van der Waals surface area contributed by atoms with Gasteiger partial charge in [0.15, 0.2) is 11.6 Å². The van der Waals surface area contributed by atoms with Gasteiger partial charge in [-0.3, -0.25) is 40.0 Å². The van der Waals surface area contributed by atoms with Gasteiger partial charge in [0.25, 0.3) is 11.4 Å². The van der Waals surface area contributed by atoms with Crippen molar-refractivity contribution in [3.8, 4) is 0 Å². The van der Waals surface area contributed by atoms with Crippen molar-refractivity contribution in [1.29, 1.82) is 0 Å². The van der Waals surface area contributed by atoms with Crippen LogP contribution in [0.3, 0.4) is 0 Å². The van der Waals surface area contributed by atoms with E-state index in [2.05, 4.69) is 30.4 Å². The van der Waals surface area contributed by atoms with Gasteiger partial charge in [-0.1, -0.05) is 12.1 Å². The van der Waals surface area contributed by atoms with Gasteiger partial charge >= 0.3 is 16.8 Å². The van der Waals surface area contributed by atoms with E-state index in [4.69, 9.17) is 0 Å². The number of benzene rings is 2. The Labute approximate surface area is 267 Å². The van der Waals surface area contributed by atoms with Crippen LogP contribution in [0.5, 0.6) is 0 Å². The summed E-state index contributed by atoms with van der Waals surface area (Å²) in [5.41, 5.74) is 1.38. The Morgan fingerprint density at radius 3 is 1.40 bits per heavy atom. The summed E-state index contributed by atoms with van der Waals surface area (Å²) in [6.45, 7) is 0. The number of aliphatic hydroxyl groups is 2. The van der Waals surface area contributed by atoms with Crippen LogP contribution in [-0.4, -0.2) is 43.0 Å². The Kier molecular flexibility index (Phi) is 9.88. The van der Waals surface area contributed by atoms with Crippen molar-refractivity contribution in [1.82, 2.24) is 9.97 Å². The molecule has 0 spiro atoms. The van der Waals surface area contributed by atoms with Gasteiger partial charge in [-0.15, -0.1) is 22.7 Å².